The van der Waals surface area contributed by atoms with Gasteiger partial charge in [0.25, 0.3) is 0 Å². The Labute approximate surface area is 75.5 Å². The Balaban J connectivity index is 1.83. The first-order valence-electron chi connectivity index (χ1n) is 4.08. The third-order valence-electron chi connectivity index (χ3n) is 2.28. The van der Waals surface area contributed by atoms with E-state index >= 15 is 0 Å². The number of hydrogen-bond donors (Lipinski definition) is 2. The number of aromatic nitrogens is 1. The van der Waals surface area contributed by atoms with Crippen molar-refractivity contribution in [2.24, 2.45) is 0 Å². The highest BCUT2D eigenvalue weighted by molar-refractivity contribution is 7.09. The van der Waals surface area contributed by atoms with Crippen molar-refractivity contribution >= 4 is 11.3 Å². The van der Waals surface area contributed by atoms with Crippen LogP contribution in [0, 0.1) is 0 Å². The van der Waals surface area contributed by atoms with Gasteiger partial charge in [0.15, 0.2) is 0 Å². The van der Waals surface area contributed by atoms with Gasteiger partial charge in [-0.1, -0.05) is 0 Å². The molecular weight excluding hydrogens is 172 g/mol. The van der Waals surface area contributed by atoms with Crippen molar-refractivity contribution in [2.45, 2.75) is 24.9 Å². The molecule has 1 aromatic heterocycles. The van der Waals surface area contributed by atoms with Gasteiger partial charge in [-0.05, 0) is 12.8 Å². The van der Waals surface area contributed by atoms with Crippen molar-refractivity contribution in [3.05, 3.63) is 16.6 Å². The molecule has 2 rings (SSSR count). The molecular formula is C8H12N2OS. The summed E-state index contributed by atoms with van der Waals surface area (Å²) in [5.74, 6) is 0. The Bertz CT molecular complexity index is 244. The summed E-state index contributed by atoms with van der Waals surface area (Å²) in [4.78, 5) is 5.22. The Hall–Kier alpha value is -0.450. The Kier molecular flexibility index (Phi) is 2.12. The van der Waals surface area contributed by atoms with E-state index in [1.54, 1.807) is 11.3 Å². The van der Waals surface area contributed by atoms with Gasteiger partial charge in [-0.25, -0.2) is 0 Å². The molecule has 2 N–H and O–H groups in total. The van der Waals surface area contributed by atoms with Gasteiger partial charge in [-0.2, -0.15) is 0 Å². The van der Waals surface area contributed by atoms with Gasteiger partial charge in [0.05, 0.1) is 12.1 Å². The Morgan fingerprint density at radius 2 is 2.50 bits per heavy atom. The largest absolute Gasteiger partial charge is 0.394 e. The van der Waals surface area contributed by atoms with E-state index in [9.17, 15) is 0 Å². The number of aliphatic hydroxyl groups is 1. The van der Waals surface area contributed by atoms with Crippen molar-refractivity contribution in [2.75, 3.05) is 6.61 Å². The molecule has 0 aromatic carbocycles. The fraction of sp³-hybridized carbons (Fsp3) is 0.625. The van der Waals surface area contributed by atoms with E-state index in [1.807, 2.05) is 11.7 Å². The SMILES string of the molecule is OCC1(NCc2cncs2)CC1. The maximum absolute atomic E-state index is 9.01. The molecule has 0 amide bonds. The minimum atomic E-state index is 0.0456. The first kappa shape index (κ1) is 8.16. The first-order chi connectivity index (χ1) is 5.85. The highest BCUT2D eigenvalue weighted by Gasteiger charge is 2.41. The number of aliphatic hydroxyl groups excluding tert-OH is 1. The lowest BCUT2D eigenvalue weighted by Crippen LogP contribution is -2.33. The molecule has 1 saturated carbocycles. The highest BCUT2D eigenvalue weighted by Crippen LogP contribution is 2.34. The standard InChI is InChI=1S/C8H12N2OS/c11-5-8(1-2-8)10-4-7-3-9-6-12-7/h3,6,10-11H,1-2,4-5H2. The van der Waals surface area contributed by atoms with E-state index in [1.165, 1.54) is 4.88 Å². The molecule has 0 spiro atoms. The summed E-state index contributed by atoms with van der Waals surface area (Å²) in [5.41, 5.74) is 1.87. The number of hydrogen-bond acceptors (Lipinski definition) is 4. The smallest absolute Gasteiger partial charge is 0.0794 e. The highest BCUT2D eigenvalue weighted by atomic mass is 32.1. The zero-order chi connectivity index (χ0) is 8.44. The lowest BCUT2D eigenvalue weighted by molar-refractivity contribution is 0.230. The lowest BCUT2D eigenvalue weighted by atomic mass is 10.3. The van der Waals surface area contributed by atoms with Gasteiger partial charge in [-0.15, -0.1) is 11.3 Å². The van der Waals surface area contributed by atoms with Crippen LogP contribution in [-0.4, -0.2) is 22.2 Å². The summed E-state index contributed by atoms with van der Waals surface area (Å²) < 4.78 is 0. The second-order valence-electron chi connectivity index (χ2n) is 3.26. The monoisotopic (exact) mass is 184 g/mol. The van der Waals surface area contributed by atoms with Crippen molar-refractivity contribution in [1.82, 2.24) is 10.3 Å². The van der Waals surface area contributed by atoms with Gasteiger partial charge < -0.3 is 10.4 Å². The van der Waals surface area contributed by atoms with E-state index in [0.717, 1.165) is 19.4 Å². The molecule has 1 fully saturated rings. The van der Waals surface area contributed by atoms with E-state index in [2.05, 4.69) is 10.3 Å². The number of rotatable bonds is 4. The Morgan fingerprint density at radius 1 is 1.67 bits per heavy atom. The van der Waals surface area contributed by atoms with Crippen LogP contribution in [0.5, 0.6) is 0 Å². The molecule has 0 radical (unpaired) electrons. The van der Waals surface area contributed by atoms with Crippen LogP contribution in [0.4, 0.5) is 0 Å². The summed E-state index contributed by atoms with van der Waals surface area (Å²) in [6.45, 7) is 1.09. The molecule has 0 aliphatic heterocycles. The average molecular weight is 184 g/mol. The van der Waals surface area contributed by atoms with Crippen molar-refractivity contribution in [3.8, 4) is 0 Å². The van der Waals surface area contributed by atoms with Crippen LogP contribution >= 0.6 is 11.3 Å². The maximum Gasteiger partial charge on any atom is 0.0794 e. The molecule has 0 bridgehead atoms. The minimum absolute atomic E-state index is 0.0456. The molecule has 1 aliphatic rings. The van der Waals surface area contributed by atoms with Crippen LogP contribution in [0.3, 0.4) is 0 Å². The molecule has 0 saturated heterocycles. The van der Waals surface area contributed by atoms with E-state index in [-0.39, 0.29) is 12.1 Å². The van der Waals surface area contributed by atoms with Crippen LogP contribution in [0.15, 0.2) is 11.7 Å². The third-order valence-corrected chi connectivity index (χ3v) is 3.06. The third kappa shape index (κ3) is 1.65. The topological polar surface area (TPSA) is 45.1 Å². The lowest BCUT2D eigenvalue weighted by Gasteiger charge is -2.12. The van der Waals surface area contributed by atoms with Gasteiger partial charge >= 0.3 is 0 Å². The zero-order valence-electron chi connectivity index (χ0n) is 6.79. The predicted octanol–water partition coefficient (Wildman–Crippen LogP) is 0.758. The maximum atomic E-state index is 9.01. The van der Waals surface area contributed by atoms with Crippen molar-refractivity contribution in [1.29, 1.82) is 0 Å². The molecule has 1 heterocycles. The second kappa shape index (κ2) is 3.12. The van der Waals surface area contributed by atoms with Crippen LogP contribution in [0.25, 0.3) is 0 Å². The summed E-state index contributed by atoms with van der Waals surface area (Å²) in [5, 5.41) is 12.4. The molecule has 66 valence electrons. The van der Waals surface area contributed by atoms with Crippen LogP contribution in [0.2, 0.25) is 0 Å². The van der Waals surface area contributed by atoms with Crippen LogP contribution in [-0.2, 0) is 6.54 Å². The molecule has 0 atom stereocenters. The predicted molar refractivity (Wildman–Crippen MR) is 48.0 cm³/mol. The minimum Gasteiger partial charge on any atom is -0.394 e. The fourth-order valence-electron chi connectivity index (χ4n) is 1.15. The number of thiazole rings is 1. The zero-order valence-corrected chi connectivity index (χ0v) is 7.60. The van der Waals surface area contributed by atoms with E-state index < -0.39 is 0 Å². The summed E-state index contributed by atoms with van der Waals surface area (Å²) in [6.07, 6.45) is 4.07. The van der Waals surface area contributed by atoms with Crippen LogP contribution < -0.4 is 5.32 Å². The first-order valence-corrected chi connectivity index (χ1v) is 4.96. The van der Waals surface area contributed by atoms with Gasteiger partial charge in [0.2, 0.25) is 0 Å². The van der Waals surface area contributed by atoms with Crippen LogP contribution in [0.1, 0.15) is 17.7 Å². The van der Waals surface area contributed by atoms with Crippen molar-refractivity contribution < 1.29 is 5.11 Å². The molecule has 0 unspecified atom stereocenters. The molecule has 4 heteroatoms. The quantitative estimate of drug-likeness (QED) is 0.726. The molecule has 3 nitrogen and oxygen atoms in total. The van der Waals surface area contributed by atoms with E-state index in [4.69, 9.17) is 5.11 Å². The van der Waals surface area contributed by atoms with Gasteiger partial charge in [-0.3, -0.25) is 4.98 Å². The normalized spacial score (nSPS) is 19.4. The average Bonchev–Trinajstić information content (AvgIpc) is 2.70. The molecule has 1 aromatic rings. The molecule has 1 aliphatic carbocycles. The fourth-order valence-corrected chi connectivity index (χ4v) is 1.68. The second-order valence-corrected chi connectivity index (χ2v) is 4.23. The van der Waals surface area contributed by atoms with Crippen molar-refractivity contribution in [3.63, 3.8) is 0 Å². The number of nitrogens with zero attached hydrogens (tertiary/aromatic N) is 1. The number of nitrogens with one attached hydrogen (secondary N) is 1. The van der Waals surface area contributed by atoms with Gasteiger partial charge in [0, 0.05) is 23.2 Å². The molecule has 12 heavy (non-hydrogen) atoms. The van der Waals surface area contributed by atoms with Gasteiger partial charge in [0.1, 0.15) is 0 Å². The van der Waals surface area contributed by atoms with E-state index in [0.29, 0.717) is 0 Å². The summed E-state index contributed by atoms with van der Waals surface area (Å²) in [7, 11) is 0. The summed E-state index contributed by atoms with van der Waals surface area (Å²) in [6, 6.07) is 0. The Morgan fingerprint density at radius 3 is 3.00 bits per heavy atom. The summed E-state index contributed by atoms with van der Waals surface area (Å²) >= 11 is 1.65.